The van der Waals surface area contributed by atoms with Gasteiger partial charge in [-0.2, -0.15) is 0 Å². The Labute approximate surface area is 76.9 Å². The zero-order valence-electron chi connectivity index (χ0n) is 8.98. The van der Waals surface area contributed by atoms with E-state index in [1.165, 1.54) is 25.7 Å². The molecule has 0 aromatic carbocycles. The maximum absolute atomic E-state index is 3.53. The van der Waals surface area contributed by atoms with Crippen molar-refractivity contribution in [3.05, 3.63) is 0 Å². The Morgan fingerprint density at radius 1 is 1.58 bits per heavy atom. The van der Waals surface area contributed by atoms with Gasteiger partial charge < -0.3 is 5.32 Å². The third-order valence-electron chi connectivity index (χ3n) is 3.87. The van der Waals surface area contributed by atoms with E-state index in [1.54, 1.807) is 0 Å². The van der Waals surface area contributed by atoms with Gasteiger partial charge in [-0.25, -0.2) is 0 Å². The van der Waals surface area contributed by atoms with Crippen LogP contribution in [0.4, 0.5) is 0 Å². The molecule has 12 heavy (non-hydrogen) atoms. The second kappa shape index (κ2) is 3.78. The molecule has 1 fully saturated rings. The van der Waals surface area contributed by atoms with E-state index in [-0.39, 0.29) is 0 Å². The zero-order chi connectivity index (χ0) is 9.19. The average Bonchev–Trinajstić information content (AvgIpc) is 2.11. The third-order valence-corrected chi connectivity index (χ3v) is 3.87. The Hall–Kier alpha value is -0.0400. The summed E-state index contributed by atoms with van der Waals surface area (Å²) in [6.45, 7) is 7.03. The Balaban J connectivity index is 2.45. The molecule has 1 saturated carbocycles. The van der Waals surface area contributed by atoms with Crippen LogP contribution in [0, 0.1) is 11.8 Å². The fraction of sp³-hybridized carbons (Fsp3) is 1.00. The Kier molecular flexibility index (Phi) is 3.16. The molecule has 1 heteroatoms. The molecule has 72 valence electrons. The number of hydrogen-bond acceptors (Lipinski definition) is 1. The highest BCUT2D eigenvalue weighted by atomic mass is 15.0. The molecule has 0 aliphatic heterocycles. The predicted molar refractivity (Wildman–Crippen MR) is 54.3 cm³/mol. The molecule has 1 nitrogen and oxygen atoms in total. The van der Waals surface area contributed by atoms with Gasteiger partial charge in [0.25, 0.3) is 0 Å². The van der Waals surface area contributed by atoms with Crippen molar-refractivity contribution in [1.82, 2.24) is 5.32 Å². The van der Waals surface area contributed by atoms with Gasteiger partial charge in [-0.05, 0) is 38.1 Å². The molecule has 3 atom stereocenters. The van der Waals surface area contributed by atoms with Gasteiger partial charge in [-0.1, -0.05) is 27.2 Å². The first-order valence-electron chi connectivity index (χ1n) is 5.33. The minimum absolute atomic E-state index is 0.495. The van der Waals surface area contributed by atoms with Gasteiger partial charge in [0.2, 0.25) is 0 Å². The summed E-state index contributed by atoms with van der Waals surface area (Å²) in [7, 11) is 2.12. The molecule has 0 heterocycles. The van der Waals surface area contributed by atoms with Gasteiger partial charge in [-0.15, -0.1) is 0 Å². The second-order valence-corrected chi connectivity index (χ2v) is 4.56. The number of rotatable bonds is 4. The molecular weight excluding hydrogens is 146 g/mol. The summed E-state index contributed by atoms with van der Waals surface area (Å²) in [5.74, 6) is 1.76. The molecule has 0 saturated heterocycles. The van der Waals surface area contributed by atoms with E-state index >= 15 is 0 Å². The summed E-state index contributed by atoms with van der Waals surface area (Å²) in [5, 5.41) is 3.53. The first-order chi connectivity index (χ1) is 5.64. The van der Waals surface area contributed by atoms with Crippen LogP contribution in [0.2, 0.25) is 0 Å². The number of hydrogen-bond donors (Lipinski definition) is 1. The molecule has 1 N–H and O–H groups in total. The molecule has 1 aliphatic carbocycles. The molecule has 0 bridgehead atoms. The minimum atomic E-state index is 0.495. The Morgan fingerprint density at radius 2 is 2.25 bits per heavy atom. The van der Waals surface area contributed by atoms with Crippen LogP contribution in [-0.2, 0) is 0 Å². The molecule has 0 aromatic rings. The quantitative estimate of drug-likeness (QED) is 0.682. The van der Waals surface area contributed by atoms with Crippen LogP contribution in [0.5, 0.6) is 0 Å². The van der Waals surface area contributed by atoms with Crippen molar-refractivity contribution in [2.75, 3.05) is 7.05 Å². The van der Waals surface area contributed by atoms with Crippen molar-refractivity contribution < 1.29 is 0 Å². The second-order valence-electron chi connectivity index (χ2n) is 4.56. The highest BCUT2D eigenvalue weighted by Crippen LogP contribution is 2.42. The molecule has 0 spiro atoms. The maximum Gasteiger partial charge on any atom is 0.0206 e. The van der Waals surface area contributed by atoms with E-state index in [2.05, 4.69) is 33.1 Å². The fourth-order valence-corrected chi connectivity index (χ4v) is 2.32. The van der Waals surface area contributed by atoms with Crippen LogP contribution in [0.25, 0.3) is 0 Å². The largest absolute Gasteiger partial charge is 0.314 e. The van der Waals surface area contributed by atoms with Crippen molar-refractivity contribution in [3.63, 3.8) is 0 Å². The SMILES string of the molecule is CCC(C)CC1(NC)CCC1C. The summed E-state index contributed by atoms with van der Waals surface area (Å²) >= 11 is 0. The maximum atomic E-state index is 3.53. The van der Waals surface area contributed by atoms with Crippen LogP contribution < -0.4 is 5.32 Å². The van der Waals surface area contributed by atoms with Gasteiger partial charge in [0.15, 0.2) is 0 Å². The smallest absolute Gasteiger partial charge is 0.0206 e. The zero-order valence-corrected chi connectivity index (χ0v) is 8.98. The molecule has 1 aliphatic rings. The summed E-state index contributed by atoms with van der Waals surface area (Å²) in [5.41, 5.74) is 0.495. The van der Waals surface area contributed by atoms with Gasteiger partial charge >= 0.3 is 0 Å². The molecular formula is C11H23N. The monoisotopic (exact) mass is 169 g/mol. The fourth-order valence-electron chi connectivity index (χ4n) is 2.32. The van der Waals surface area contributed by atoms with Crippen LogP contribution in [0.1, 0.15) is 46.5 Å². The Bertz CT molecular complexity index is 140. The molecule has 3 unspecified atom stereocenters. The van der Waals surface area contributed by atoms with Crippen LogP contribution >= 0.6 is 0 Å². The first-order valence-corrected chi connectivity index (χ1v) is 5.33. The third kappa shape index (κ3) is 1.66. The van der Waals surface area contributed by atoms with E-state index in [0.29, 0.717) is 5.54 Å². The average molecular weight is 169 g/mol. The van der Waals surface area contributed by atoms with E-state index < -0.39 is 0 Å². The molecule has 0 aromatic heterocycles. The predicted octanol–water partition coefficient (Wildman–Crippen LogP) is 2.81. The van der Waals surface area contributed by atoms with Gasteiger partial charge in [0, 0.05) is 5.54 Å². The topological polar surface area (TPSA) is 12.0 Å². The van der Waals surface area contributed by atoms with Gasteiger partial charge in [0.1, 0.15) is 0 Å². The summed E-state index contributed by atoms with van der Waals surface area (Å²) in [6.07, 6.45) is 5.48. The van der Waals surface area contributed by atoms with Gasteiger partial charge in [-0.3, -0.25) is 0 Å². The molecule has 1 rings (SSSR count). The lowest BCUT2D eigenvalue weighted by molar-refractivity contribution is 0.0778. The number of nitrogens with one attached hydrogen (secondary N) is 1. The lowest BCUT2D eigenvalue weighted by Crippen LogP contribution is -2.56. The van der Waals surface area contributed by atoms with Crippen LogP contribution in [0.3, 0.4) is 0 Å². The lowest BCUT2D eigenvalue weighted by atomic mass is 9.63. The van der Waals surface area contributed by atoms with Crippen molar-refractivity contribution in [2.45, 2.75) is 52.0 Å². The highest BCUT2D eigenvalue weighted by Gasteiger charge is 2.42. The normalized spacial score (nSPS) is 37.5. The first kappa shape index (κ1) is 10.0. The van der Waals surface area contributed by atoms with E-state index in [1.807, 2.05) is 0 Å². The van der Waals surface area contributed by atoms with Gasteiger partial charge in [0.05, 0.1) is 0 Å². The van der Waals surface area contributed by atoms with Crippen molar-refractivity contribution in [2.24, 2.45) is 11.8 Å². The van der Waals surface area contributed by atoms with Crippen molar-refractivity contribution in [1.29, 1.82) is 0 Å². The summed E-state index contributed by atoms with van der Waals surface area (Å²) in [6, 6.07) is 0. The van der Waals surface area contributed by atoms with Crippen molar-refractivity contribution in [3.8, 4) is 0 Å². The molecule has 0 amide bonds. The van der Waals surface area contributed by atoms with E-state index in [0.717, 1.165) is 11.8 Å². The van der Waals surface area contributed by atoms with Crippen LogP contribution in [-0.4, -0.2) is 12.6 Å². The molecule has 0 radical (unpaired) electrons. The van der Waals surface area contributed by atoms with E-state index in [4.69, 9.17) is 0 Å². The van der Waals surface area contributed by atoms with Crippen molar-refractivity contribution >= 4 is 0 Å². The lowest BCUT2D eigenvalue weighted by Gasteiger charge is -2.49. The standard InChI is InChI=1S/C11H23N/c1-5-9(2)8-11(12-4)7-6-10(11)3/h9-10,12H,5-8H2,1-4H3. The Morgan fingerprint density at radius 3 is 2.50 bits per heavy atom. The van der Waals surface area contributed by atoms with Crippen LogP contribution in [0.15, 0.2) is 0 Å². The summed E-state index contributed by atoms with van der Waals surface area (Å²) in [4.78, 5) is 0. The minimum Gasteiger partial charge on any atom is -0.314 e. The van der Waals surface area contributed by atoms with E-state index in [9.17, 15) is 0 Å². The summed E-state index contributed by atoms with van der Waals surface area (Å²) < 4.78 is 0. The highest BCUT2D eigenvalue weighted by molar-refractivity contribution is 5.00.